The van der Waals surface area contributed by atoms with Gasteiger partial charge in [0.2, 0.25) is 10.0 Å². The molecule has 2 rings (SSSR count). The molecule has 2 aromatic carbocycles. The molecule has 0 fully saturated rings. The number of para-hydroxylation sites is 1. The molecule has 0 aliphatic rings. The molecule has 1 N–H and O–H groups in total. The number of methoxy groups -OCH3 is 2. The van der Waals surface area contributed by atoms with E-state index in [1.165, 1.54) is 0 Å². The van der Waals surface area contributed by atoms with Crippen molar-refractivity contribution in [2.24, 2.45) is 0 Å². The lowest BCUT2D eigenvalue weighted by atomic mass is 10.1. The van der Waals surface area contributed by atoms with Crippen LogP contribution in [0.4, 0.5) is 0 Å². The van der Waals surface area contributed by atoms with Gasteiger partial charge in [0, 0.05) is 19.2 Å². The highest BCUT2D eigenvalue weighted by Crippen LogP contribution is 2.27. The average molecular weight is 349 g/mol. The van der Waals surface area contributed by atoms with E-state index in [2.05, 4.69) is 4.72 Å². The van der Waals surface area contributed by atoms with E-state index in [1.807, 2.05) is 37.3 Å². The summed E-state index contributed by atoms with van der Waals surface area (Å²) in [6.07, 6.45) is -0.443. The Bertz CT molecular complexity index is 802. The van der Waals surface area contributed by atoms with Crippen molar-refractivity contribution >= 4 is 10.0 Å². The molecule has 130 valence electrons. The molecule has 0 aromatic heterocycles. The smallest absolute Gasteiger partial charge is 0.240 e. The van der Waals surface area contributed by atoms with Gasteiger partial charge >= 0.3 is 0 Å². The van der Waals surface area contributed by atoms with Gasteiger partial charge in [-0.1, -0.05) is 30.3 Å². The Labute approximate surface area is 143 Å². The highest BCUT2D eigenvalue weighted by Gasteiger charge is 2.21. The van der Waals surface area contributed by atoms with Gasteiger partial charge in [0.15, 0.2) is 0 Å². The second-order valence-corrected chi connectivity index (χ2v) is 7.32. The minimum absolute atomic E-state index is 0.118. The average Bonchev–Trinajstić information content (AvgIpc) is 2.57. The van der Waals surface area contributed by atoms with E-state index in [4.69, 9.17) is 9.47 Å². The van der Waals surface area contributed by atoms with Gasteiger partial charge in [-0.15, -0.1) is 0 Å². The number of hydrogen-bond donors (Lipinski definition) is 1. The van der Waals surface area contributed by atoms with Crippen molar-refractivity contribution in [3.63, 3.8) is 0 Å². The Morgan fingerprint density at radius 2 is 1.79 bits per heavy atom. The molecule has 0 amide bonds. The fourth-order valence-corrected chi connectivity index (χ4v) is 3.87. The molecule has 24 heavy (non-hydrogen) atoms. The van der Waals surface area contributed by atoms with Crippen molar-refractivity contribution in [1.29, 1.82) is 0 Å². The molecule has 0 aliphatic carbocycles. The van der Waals surface area contributed by atoms with E-state index < -0.39 is 16.1 Å². The zero-order valence-corrected chi connectivity index (χ0v) is 15.2. The Morgan fingerprint density at radius 1 is 1.08 bits per heavy atom. The topological polar surface area (TPSA) is 64.6 Å². The predicted octanol–water partition coefficient (Wildman–Crippen LogP) is 2.98. The normalized spacial score (nSPS) is 12.8. The van der Waals surface area contributed by atoms with Gasteiger partial charge in [-0.05, 0) is 37.1 Å². The first-order valence-electron chi connectivity index (χ1n) is 7.61. The van der Waals surface area contributed by atoms with Crippen LogP contribution >= 0.6 is 0 Å². The van der Waals surface area contributed by atoms with Gasteiger partial charge in [0.1, 0.15) is 5.75 Å². The van der Waals surface area contributed by atoms with Crippen molar-refractivity contribution in [3.8, 4) is 5.75 Å². The molecule has 2 aromatic rings. The SMILES string of the molecule is COc1ccccc1C(CNS(=O)(=O)c1cc(C)ccc1C)OC. The highest BCUT2D eigenvalue weighted by atomic mass is 32.2. The van der Waals surface area contributed by atoms with Gasteiger partial charge in [-0.2, -0.15) is 0 Å². The molecule has 0 aliphatic heterocycles. The molecule has 6 heteroatoms. The fraction of sp³-hybridized carbons (Fsp3) is 0.333. The van der Waals surface area contributed by atoms with Crippen LogP contribution in [0, 0.1) is 13.8 Å². The van der Waals surface area contributed by atoms with Crippen molar-refractivity contribution in [2.75, 3.05) is 20.8 Å². The van der Waals surface area contributed by atoms with E-state index in [0.717, 1.165) is 11.1 Å². The molecule has 5 nitrogen and oxygen atoms in total. The molecular weight excluding hydrogens is 326 g/mol. The molecule has 0 spiro atoms. The number of rotatable bonds is 7. The maximum atomic E-state index is 12.6. The molecule has 1 unspecified atom stereocenters. The third-order valence-electron chi connectivity index (χ3n) is 3.86. The Morgan fingerprint density at radius 3 is 2.46 bits per heavy atom. The molecular formula is C18H23NO4S. The summed E-state index contributed by atoms with van der Waals surface area (Å²) in [7, 11) is -0.497. The number of aryl methyl sites for hydroxylation is 2. The van der Waals surface area contributed by atoms with Gasteiger partial charge < -0.3 is 9.47 Å². The summed E-state index contributed by atoms with van der Waals surface area (Å²) in [5, 5.41) is 0. The zero-order valence-electron chi connectivity index (χ0n) is 14.4. The van der Waals surface area contributed by atoms with Crippen molar-refractivity contribution in [3.05, 3.63) is 59.2 Å². The minimum atomic E-state index is -3.62. The zero-order chi connectivity index (χ0) is 17.7. The first-order valence-corrected chi connectivity index (χ1v) is 9.10. The molecule has 0 bridgehead atoms. The van der Waals surface area contributed by atoms with Crippen LogP contribution in [0.3, 0.4) is 0 Å². The summed E-state index contributed by atoms with van der Waals surface area (Å²) in [5.41, 5.74) is 2.40. The maximum Gasteiger partial charge on any atom is 0.240 e. The van der Waals surface area contributed by atoms with Crippen LogP contribution in [0.1, 0.15) is 22.8 Å². The Balaban J connectivity index is 2.22. The van der Waals surface area contributed by atoms with E-state index >= 15 is 0 Å². The lowest BCUT2D eigenvalue weighted by Crippen LogP contribution is -2.30. The monoisotopic (exact) mass is 349 g/mol. The van der Waals surface area contributed by atoms with Crippen LogP contribution in [-0.4, -0.2) is 29.2 Å². The first-order chi connectivity index (χ1) is 11.4. The van der Waals surface area contributed by atoms with Crippen LogP contribution in [0.2, 0.25) is 0 Å². The lowest BCUT2D eigenvalue weighted by molar-refractivity contribution is 0.105. The molecule has 0 radical (unpaired) electrons. The minimum Gasteiger partial charge on any atom is -0.496 e. The van der Waals surface area contributed by atoms with Gasteiger partial charge in [-0.25, -0.2) is 13.1 Å². The van der Waals surface area contributed by atoms with Crippen molar-refractivity contribution in [2.45, 2.75) is 24.8 Å². The summed E-state index contributed by atoms with van der Waals surface area (Å²) in [6.45, 7) is 3.76. The quantitative estimate of drug-likeness (QED) is 0.835. The largest absolute Gasteiger partial charge is 0.496 e. The number of ether oxygens (including phenoxy) is 2. The molecule has 0 heterocycles. The third-order valence-corrected chi connectivity index (χ3v) is 5.43. The number of hydrogen-bond acceptors (Lipinski definition) is 4. The summed E-state index contributed by atoms with van der Waals surface area (Å²) in [4.78, 5) is 0.289. The van der Waals surface area contributed by atoms with Crippen LogP contribution in [-0.2, 0) is 14.8 Å². The maximum absolute atomic E-state index is 12.6. The van der Waals surface area contributed by atoms with Gasteiger partial charge in [0.25, 0.3) is 0 Å². The van der Waals surface area contributed by atoms with Crippen molar-refractivity contribution in [1.82, 2.24) is 4.72 Å². The number of sulfonamides is 1. The molecule has 0 saturated carbocycles. The summed E-state index contributed by atoms with van der Waals surface area (Å²) < 4.78 is 38.6. The molecule has 1 atom stereocenters. The van der Waals surface area contributed by atoms with Crippen LogP contribution in [0.25, 0.3) is 0 Å². The van der Waals surface area contributed by atoms with E-state index in [9.17, 15) is 8.42 Å². The second kappa shape index (κ2) is 7.79. The third kappa shape index (κ3) is 4.14. The lowest BCUT2D eigenvalue weighted by Gasteiger charge is -2.19. The predicted molar refractivity (Wildman–Crippen MR) is 93.8 cm³/mol. The Kier molecular flexibility index (Phi) is 5.99. The summed E-state index contributed by atoms with van der Waals surface area (Å²) in [5.74, 6) is 0.662. The van der Waals surface area contributed by atoms with Crippen molar-refractivity contribution < 1.29 is 17.9 Å². The fourth-order valence-electron chi connectivity index (χ4n) is 2.51. The summed E-state index contributed by atoms with van der Waals surface area (Å²) >= 11 is 0. The second-order valence-electron chi connectivity index (χ2n) is 5.59. The van der Waals surface area contributed by atoms with E-state index in [1.54, 1.807) is 33.3 Å². The highest BCUT2D eigenvalue weighted by molar-refractivity contribution is 7.89. The van der Waals surface area contributed by atoms with E-state index in [0.29, 0.717) is 11.3 Å². The van der Waals surface area contributed by atoms with E-state index in [-0.39, 0.29) is 11.4 Å². The van der Waals surface area contributed by atoms with Gasteiger partial charge in [-0.3, -0.25) is 0 Å². The standard InChI is InChI=1S/C18H23NO4S/c1-13-9-10-14(2)18(11-13)24(20,21)19-12-17(23-4)15-7-5-6-8-16(15)22-3/h5-11,17,19H,12H2,1-4H3. The molecule has 0 saturated heterocycles. The van der Waals surface area contributed by atoms with Gasteiger partial charge in [0.05, 0.1) is 18.1 Å². The number of benzene rings is 2. The van der Waals surface area contributed by atoms with Crippen LogP contribution in [0.15, 0.2) is 47.4 Å². The first kappa shape index (κ1) is 18.4. The summed E-state index contributed by atoms with van der Waals surface area (Å²) in [6, 6.07) is 12.8. The Hall–Kier alpha value is -1.89. The van der Waals surface area contributed by atoms with Crippen LogP contribution in [0.5, 0.6) is 5.75 Å². The number of nitrogens with one attached hydrogen (secondary N) is 1. The van der Waals surface area contributed by atoms with Crippen LogP contribution < -0.4 is 9.46 Å².